The summed E-state index contributed by atoms with van der Waals surface area (Å²) in [5, 5.41) is 15.4. The van der Waals surface area contributed by atoms with Gasteiger partial charge >= 0.3 is 5.97 Å². The molecule has 1 aromatic carbocycles. The van der Waals surface area contributed by atoms with Crippen LogP contribution in [0.5, 0.6) is 0 Å². The second kappa shape index (κ2) is 8.10. The van der Waals surface area contributed by atoms with Gasteiger partial charge in [-0.1, -0.05) is 29.4 Å². The van der Waals surface area contributed by atoms with Crippen LogP contribution in [0.4, 0.5) is 0 Å². The highest BCUT2D eigenvalue weighted by atomic mass is 16.5. The number of benzene rings is 1. The molecule has 0 amide bonds. The van der Waals surface area contributed by atoms with Gasteiger partial charge in [0.25, 0.3) is 0 Å². The quantitative estimate of drug-likeness (QED) is 0.323. The van der Waals surface area contributed by atoms with Crippen LogP contribution in [-0.4, -0.2) is 31.3 Å². The van der Waals surface area contributed by atoms with E-state index in [0.717, 1.165) is 5.56 Å². The molecular formula is C12H16N4O3. The monoisotopic (exact) mass is 264 g/mol. The number of azide groups is 1. The molecule has 1 atom stereocenters. The summed E-state index contributed by atoms with van der Waals surface area (Å²) in [6.45, 7) is 0.937. The van der Waals surface area contributed by atoms with E-state index in [1.54, 1.807) is 25.3 Å². The lowest BCUT2D eigenvalue weighted by Gasteiger charge is -2.15. The van der Waals surface area contributed by atoms with Crippen LogP contribution in [0.25, 0.3) is 10.4 Å². The van der Waals surface area contributed by atoms with Crippen molar-refractivity contribution in [3.05, 3.63) is 45.8 Å². The van der Waals surface area contributed by atoms with E-state index in [9.17, 15) is 9.90 Å². The van der Waals surface area contributed by atoms with Crippen LogP contribution in [0.3, 0.4) is 0 Å². The molecule has 0 saturated carbocycles. The maximum atomic E-state index is 11.2. The summed E-state index contributed by atoms with van der Waals surface area (Å²) in [4.78, 5) is 13.8. The molecule has 0 spiro atoms. The SMILES string of the molecule is COCc1cccc(C(NCCN=[N+]=[N-])C(=O)O)c1. The van der Waals surface area contributed by atoms with Gasteiger partial charge in [0.05, 0.1) is 6.61 Å². The number of ether oxygens (including phenoxy) is 1. The van der Waals surface area contributed by atoms with Gasteiger partial charge in [0.2, 0.25) is 0 Å². The van der Waals surface area contributed by atoms with Gasteiger partial charge in [-0.25, -0.2) is 0 Å². The van der Waals surface area contributed by atoms with Crippen molar-refractivity contribution in [1.82, 2.24) is 5.32 Å². The Morgan fingerprint density at radius 2 is 2.42 bits per heavy atom. The van der Waals surface area contributed by atoms with Crippen molar-refractivity contribution in [2.45, 2.75) is 12.6 Å². The molecule has 0 saturated heterocycles. The molecule has 7 heteroatoms. The number of carboxylic acids is 1. The highest BCUT2D eigenvalue weighted by molar-refractivity contribution is 5.75. The molecule has 0 aliphatic rings. The molecule has 0 aromatic heterocycles. The second-order valence-electron chi connectivity index (χ2n) is 3.86. The van der Waals surface area contributed by atoms with Crippen LogP contribution in [0, 0.1) is 0 Å². The van der Waals surface area contributed by atoms with Crippen molar-refractivity contribution in [3.63, 3.8) is 0 Å². The average Bonchev–Trinajstić information content (AvgIpc) is 2.39. The van der Waals surface area contributed by atoms with Crippen LogP contribution in [0.15, 0.2) is 29.4 Å². The lowest BCUT2D eigenvalue weighted by Crippen LogP contribution is -2.30. The molecule has 0 aliphatic heterocycles. The molecule has 0 heterocycles. The Kier molecular flexibility index (Phi) is 6.38. The zero-order valence-electron chi connectivity index (χ0n) is 10.6. The summed E-state index contributed by atoms with van der Waals surface area (Å²) < 4.78 is 5.01. The molecule has 0 fully saturated rings. The zero-order valence-corrected chi connectivity index (χ0v) is 10.6. The molecule has 19 heavy (non-hydrogen) atoms. The Morgan fingerprint density at radius 1 is 1.63 bits per heavy atom. The minimum Gasteiger partial charge on any atom is -0.480 e. The van der Waals surface area contributed by atoms with Crippen molar-refractivity contribution in [3.8, 4) is 0 Å². The maximum Gasteiger partial charge on any atom is 0.325 e. The predicted octanol–water partition coefficient (Wildman–Crippen LogP) is 1.86. The lowest BCUT2D eigenvalue weighted by atomic mass is 10.0. The first kappa shape index (κ1) is 15.0. The Morgan fingerprint density at radius 3 is 3.05 bits per heavy atom. The smallest absolute Gasteiger partial charge is 0.325 e. The fraction of sp³-hybridized carbons (Fsp3) is 0.417. The van der Waals surface area contributed by atoms with Gasteiger partial charge in [-0.3, -0.25) is 4.79 Å². The third-order valence-corrected chi connectivity index (χ3v) is 2.47. The number of rotatable bonds is 8. The fourth-order valence-electron chi connectivity index (χ4n) is 1.68. The van der Waals surface area contributed by atoms with E-state index in [1.807, 2.05) is 6.07 Å². The van der Waals surface area contributed by atoms with E-state index in [0.29, 0.717) is 18.7 Å². The number of hydrogen-bond donors (Lipinski definition) is 2. The number of nitrogens with one attached hydrogen (secondary N) is 1. The van der Waals surface area contributed by atoms with Crippen LogP contribution in [0.2, 0.25) is 0 Å². The van der Waals surface area contributed by atoms with E-state index in [4.69, 9.17) is 10.3 Å². The Bertz CT molecular complexity index is 472. The van der Waals surface area contributed by atoms with Gasteiger partial charge in [0.1, 0.15) is 6.04 Å². The van der Waals surface area contributed by atoms with Crippen LogP contribution in [0.1, 0.15) is 17.2 Å². The summed E-state index contributed by atoms with van der Waals surface area (Å²) in [6.07, 6.45) is 0. The highest BCUT2D eigenvalue weighted by Gasteiger charge is 2.18. The van der Waals surface area contributed by atoms with Crippen molar-refractivity contribution >= 4 is 5.97 Å². The molecule has 1 rings (SSSR count). The molecule has 0 bridgehead atoms. The summed E-state index contributed by atoms with van der Waals surface area (Å²) in [7, 11) is 1.58. The van der Waals surface area contributed by atoms with E-state index in [2.05, 4.69) is 15.3 Å². The van der Waals surface area contributed by atoms with Gasteiger partial charge in [-0.05, 0) is 16.7 Å². The third-order valence-electron chi connectivity index (χ3n) is 2.47. The summed E-state index contributed by atoms with van der Waals surface area (Å²) in [5.41, 5.74) is 9.70. The summed E-state index contributed by atoms with van der Waals surface area (Å²) >= 11 is 0. The number of carboxylic acid groups (broad SMARTS) is 1. The van der Waals surface area contributed by atoms with Gasteiger partial charge in [-0.2, -0.15) is 0 Å². The standard InChI is InChI=1S/C12H16N4O3/c1-19-8-9-3-2-4-10(7-9)11(12(17)18)14-5-6-15-16-13/h2-4,7,11,14H,5-6,8H2,1H3,(H,17,18). The predicted molar refractivity (Wildman–Crippen MR) is 69.5 cm³/mol. The molecule has 1 aromatic rings. The summed E-state index contributed by atoms with van der Waals surface area (Å²) in [6, 6.07) is 6.34. The minimum absolute atomic E-state index is 0.206. The van der Waals surface area contributed by atoms with Gasteiger partial charge < -0.3 is 15.2 Å². The van der Waals surface area contributed by atoms with Gasteiger partial charge in [0.15, 0.2) is 0 Å². The molecule has 2 N–H and O–H groups in total. The second-order valence-corrected chi connectivity index (χ2v) is 3.86. The van der Waals surface area contributed by atoms with E-state index < -0.39 is 12.0 Å². The molecular weight excluding hydrogens is 248 g/mol. The third kappa shape index (κ3) is 4.97. The van der Waals surface area contributed by atoms with Crippen LogP contribution >= 0.6 is 0 Å². The fourth-order valence-corrected chi connectivity index (χ4v) is 1.68. The van der Waals surface area contributed by atoms with Crippen molar-refractivity contribution in [1.29, 1.82) is 0 Å². The first-order chi connectivity index (χ1) is 9.19. The van der Waals surface area contributed by atoms with Crippen LogP contribution < -0.4 is 5.32 Å². The number of hydrogen-bond acceptors (Lipinski definition) is 4. The van der Waals surface area contributed by atoms with Gasteiger partial charge in [0, 0.05) is 25.1 Å². The largest absolute Gasteiger partial charge is 0.480 e. The molecule has 7 nitrogen and oxygen atoms in total. The lowest BCUT2D eigenvalue weighted by molar-refractivity contribution is -0.139. The molecule has 102 valence electrons. The average molecular weight is 264 g/mol. The van der Waals surface area contributed by atoms with E-state index >= 15 is 0 Å². The van der Waals surface area contributed by atoms with Crippen molar-refractivity contribution in [2.24, 2.45) is 5.11 Å². The normalized spacial score (nSPS) is 11.6. The zero-order chi connectivity index (χ0) is 14.1. The molecule has 0 radical (unpaired) electrons. The molecule has 0 aliphatic carbocycles. The Hall–Kier alpha value is -2.08. The van der Waals surface area contributed by atoms with E-state index in [-0.39, 0.29) is 6.54 Å². The summed E-state index contributed by atoms with van der Waals surface area (Å²) in [5.74, 6) is -0.976. The molecule has 1 unspecified atom stereocenters. The topological polar surface area (TPSA) is 107 Å². The van der Waals surface area contributed by atoms with Crippen molar-refractivity contribution in [2.75, 3.05) is 20.2 Å². The number of methoxy groups -OCH3 is 1. The number of carbonyl (C=O) groups is 1. The van der Waals surface area contributed by atoms with Crippen molar-refractivity contribution < 1.29 is 14.6 Å². The number of aliphatic carboxylic acids is 1. The van der Waals surface area contributed by atoms with Crippen LogP contribution in [-0.2, 0) is 16.1 Å². The number of nitrogens with zero attached hydrogens (tertiary/aromatic N) is 3. The maximum absolute atomic E-state index is 11.2. The Balaban J connectivity index is 2.77. The van der Waals surface area contributed by atoms with E-state index in [1.165, 1.54) is 0 Å². The first-order valence-electron chi connectivity index (χ1n) is 5.74. The Labute approximate surface area is 110 Å². The first-order valence-corrected chi connectivity index (χ1v) is 5.74. The minimum atomic E-state index is -0.976. The van der Waals surface area contributed by atoms with Gasteiger partial charge in [-0.15, -0.1) is 0 Å². The highest BCUT2D eigenvalue weighted by Crippen LogP contribution is 2.15.